The van der Waals surface area contributed by atoms with Gasteiger partial charge in [0.2, 0.25) is 0 Å². The van der Waals surface area contributed by atoms with E-state index in [9.17, 15) is 0 Å². The molecule has 10 heavy (non-hydrogen) atoms. The van der Waals surface area contributed by atoms with Crippen LogP contribution in [0, 0.1) is 0 Å². The van der Waals surface area contributed by atoms with Crippen LogP contribution >= 0.6 is 0 Å². The summed E-state index contributed by atoms with van der Waals surface area (Å²) in [4.78, 5) is 0. The Bertz CT molecular complexity index is 91.6. The molecule has 0 bridgehead atoms. The minimum absolute atomic E-state index is 0. The van der Waals surface area contributed by atoms with Crippen molar-refractivity contribution in [1.82, 2.24) is 0 Å². The van der Waals surface area contributed by atoms with E-state index >= 15 is 0 Å². The average Bonchev–Trinajstić information content (AvgIpc) is 1.91. The molecule has 0 saturated carbocycles. The fourth-order valence-corrected chi connectivity index (χ4v) is 5.39. The Morgan fingerprint density at radius 3 is 2.50 bits per heavy atom. The number of allylic oxidation sites excluding steroid dienone is 1. The van der Waals surface area contributed by atoms with Gasteiger partial charge in [-0.15, -0.1) is 0 Å². The van der Waals surface area contributed by atoms with Crippen molar-refractivity contribution >= 4 is 19.6 Å². The fourth-order valence-electron chi connectivity index (χ4n) is 0.891. The largest absolute Gasteiger partial charge is 1.00 e. The molecule has 0 atom stereocenters. The van der Waals surface area contributed by atoms with Crippen LogP contribution in [0.2, 0.25) is 13.4 Å². The molecule has 0 unspecified atom stereocenters. The van der Waals surface area contributed by atoms with Gasteiger partial charge in [-0.1, -0.05) is 0 Å². The average molecular weight is 368 g/mol. The Hall–Kier alpha value is 1.22. The third-order valence-electron chi connectivity index (χ3n) is 1.39. The quantitative estimate of drug-likeness (QED) is 0.335. The maximum absolute atomic E-state index is 5.25. The molecule has 0 aromatic heterocycles. The third-order valence-corrected chi connectivity index (χ3v) is 7.65. The Labute approximate surface area is 86.9 Å². The maximum atomic E-state index is 5.25. The zero-order valence-corrected chi connectivity index (χ0v) is 10.5. The van der Waals surface area contributed by atoms with Gasteiger partial charge in [0.15, 0.2) is 0 Å². The molecule has 0 radical (unpaired) electrons. The molecule has 0 aromatic rings. The van der Waals surface area contributed by atoms with Crippen molar-refractivity contribution in [2.75, 3.05) is 13.2 Å². The van der Waals surface area contributed by atoms with Crippen molar-refractivity contribution in [3.05, 3.63) is 12.7 Å². The second kappa shape index (κ2) is 6.90. The Kier molecular flexibility index (Phi) is 7.74. The van der Waals surface area contributed by atoms with E-state index in [1.54, 1.807) is 0 Å². The van der Waals surface area contributed by atoms with Crippen LogP contribution in [-0.4, -0.2) is 32.8 Å². The van der Waals surface area contributed by atoms with Crippen molar-refractivity contribution in [3.8, 4) is 0 Å². The van der Waals surface area contributed by atoms with E-state index in [2.05, 4.69) is 12.7 Å². The van der Waals surface area contributed by atoms with Crippen molar-refractivity contribution in [2.24, 2.45) is 0 Å². The van der Waals surface area contributed by atoms with Gasteiger partial charge < -0.3 is 24.0 Å². The van der Waals surface area contributed by atoms with Crippen LogP contribution in [0.3, 0.4) is 0 Å². The number of hydrogen-bond acceptors (Lipinski definition) is 1. The van der Waals surface area contributed by atoms with E-state index in [0.29, 0.717) is 0 Å². The van der Waals surface area contributed by atoms with Crippen molar-refractivity contribution < 1.29 is 28.7 Å². The summed E-state index contributed by atoms with van der Waals surface area (Å²) in [6.07, 6.45) is 2.09. The van der Waals surface area contributed by atoms with Gasteiger partial charge in [-0.2, -0.15) is 0 Å². The first-order valence-corrected chi connectivity index (χ1v) is 8.20. The summed E-state index contributed by atoms with van der Waals surface area (Å²) >= 11 is -0.644. The van der Waals surface area contributed by atoms with E-state index < -0.39 is 19.6 Å². The summed E-state index contributed by atoms with van der Waals surface area (Å²) in [6.45, 7) is 5.82. The maximum Gasteiger partial charge on any atom is -1.00 e. The summed E-state index contributed by atoms with van der Waals surface area (Å²) in [6, 6.07) is 0. The number of halogens is 1. The van der Waals surface area contributed by atoms with Crippen LogP contribution in [0.15, 0.2) is 12.7 Å². The first-order valence-electron chi connectivity index (χ1n) is 3.26. The molecule has 1 fully saturated rings. The van der Waals surface area contributed by atoms with E-state index in [4.69, 9.17) is 4.74 Å². The smallest absolute Gasteiger partial charge is 1.00 e. The molecule has 1 aliphatic heterocycles. The summed E-state index contributed by atoms with van der Waals surface area (Å²) in [5.74, 6) is 0. The van der Waals surface area contributed by atoms with Gasteiger partial charge in [-0.25, -0.2) is 0 Å². The molecule has 0 aromatic carbocycles. The van der Waals surface area contributed by atoms with Gasteiger partial charge in [-0.05, 0) is 0 Å². The van der Waals surface area contributed by atoms with Crippen LogP contribution in [0.1, 0.15) is 0 Å². The normalized spacial score (nSPS) is 19.6. The zero-order valence-electron chi connectivity index (χ0n) is 6.01. The summed E-state index contributed by atoms with van der Waals surface area (Å²) < 4.78 is 9.39. The van der Waals surface area contributed by atoms with Crippen LogP contribution in [-0.2, 0) is 4.74 Å². The SMILES string of the molecule is C=CC[Te+]1CCOCC1.[I-]. The number of rotatable bonds is 2. The molecule has 1 heterocycles. The fraction of sp³-hybridized carbons (Fsp3) is 0.714. The topological polar surface area (TPSA) is 9.23 Å². The van der Waals surface area contributed by atoms with E-state index in [0.717, 1.165) is 13.2 Å². The van der Waals surface area contributed by atoms with Crippen LogP contribution < -0.4 is 24.0 Å². The summed E-state index contributed by atoms with van der Waals surface area (Å²) in [5.41, 5.74) is 0. The van der Waals surface area contributed by atoms with E-state index in [1.807, 2.05) is 0 Å². The molecule has 1 aliphatic rings. The third kappa shape index (κ3) is 4.17. The molecule has 0 spiro atoms. The number of hydrogen-bond donors (Lipinski definition) is 0. The van der Waals surface area contributed by atoms with Crippen LogP contribution in [0.25, 0.3) is 0 Å². The predicted molar refractivity (Wildman–Crippen MR) is 41.2 cm³/mol. The van der Waals surface area contributed by atoms with Gasteiger partial charge in [0.1, 0.15) is 0 Å². The van der Waals surface area contributed by atoms with Gasteiger partial charge in [0, 0.05) is 0 Å². The minimum Gasteiger partial charge on any atom is -1.00 e. The first-order chi connectivity index (χ1) is 4.43. The van der Waals surface area contributed by atoms with Crippen LogP contribution in [0.5, 0.6) is 0 Å². The first kappa shape index (κ1) is 11.2. The summed E-state index contributed by atoms with van der Waals surface area (Å²) in [7, 11) is 0. The van der Waals surface area contributed by atoms with Crippen LogP contribution in [0.4, 0.5) is 0 Å². The second-order valence-corrected chi connectivity index (χ2v) is 8.87. The molecular weight excluding hydrogens is 355 g/mol. The molecule has 1 nitrogen and oxygen atoms in total. The minimum atomic E-state index is -0.644. The van der Waals surface area contributed by atoms with Gasteiger partial charge >= 0.3 is 63.6 Å². The van der Waals surface area contributed by atoms with Gasteiger partial charge in [0.25, 0.3) is 0 Å². The van der Waals surface area contributed by atoms with Gasteiger partial charge in [-0.3, -0.25) is 0 Å². The van der Waals surface area contributed by atoms with E-state index in [1.165, 1.54) is 13.4 Å². The molecule has 1 rings (SSSR count). The molecule has 0 aliphatic carbocycles. The number of ether oxygens (including phenoxy) is 1. The predicted octanol–water partition coefficient (Wildman–Crippen LogP) is -1.30. The molecule has 0 N–H and O–H groups in total. The van der Waals surface area contributed by atoms with E-state index in [-0.39, 0.29) is 24.0 Å². The monoisotopic (exact) mass is 370 g/mol. The molecule has 3 heteroatoms. The zero-order chi connectivity index (χ0) is 6.53. The van der Waals surface area contributed by atoms with Gasteiger partial charge in [0.05, 0.1) is 0 Å². The van der Waals surface area contributed by atoms with Crippen molar-refractivity contribution in [2.45, 2.75) is 13.4 Å². The van der Waals surface area contributed by atoms with Crippen molar-refractivity contribution in [3.63, 3.8) is 0 Å². The molecular formula is C7H13IOTe. The van der Waals surface area contributed by atoms with Crippen molar-refractivity contribution in [1.29, 1.82) is 0 Å². The summed E-state index contributed by atoms with van der Waals surface area (Å²) in [5, 5.41) is 0. The Balaban J connectivity index is 0.000000810. The molecule has 60 valence electrons. The Morgan fingerprint density at radius 2 is 2.00 bits per heavy atom. The molecule has 0 amide bonds. The second-order valence-electron chi connectivity index (χ2n) is 2.09. The standard InChI is InChI=1S/C7H13OTe.HI/c1-2-5-9-6-3-8-4-7-9;/h2H,1,3-7H2;1H/q+1;/p-1. The molecule has 1 saturated heterocycles. The Morgan fingerprint density at radius 1 is 1.40 bits per heavy atom.